The first-order chi connectivity index (χ1) is 15.4. The SMILES string of the molecule is Cc1c(NS(=O)(=O)c2cc(C(=O)OCC(N)=O)c(Cl)cc2Cl)c(=O)n(-c2ccccc2)n1C. The van der Waals surface area contributed by atoms with Crippen molar-refractivity contribution in [3.8, 4) is 5.69 Å². The number of sulfonamides is 1. The van der Waals surface area contributed by atoms with E-state index in [0.717, 1.165) is 12.1 Å². The van der Waals surface area contributed by atoms with Gasteiger partial charge in [0.15, 0.2) is 6.61 Å². The van der Waals surface area contributed by atoms with Gasteiger partial charge in [-0.2, -0.15) is 0 Å². The number of rotatable bonds is 7. The topological polar surface area (TPSA) is 142 Å². The Morgan fingerprint density at radius 3 is 2.36 bits per heavy atom. The first-order valence-electron chi connectivity index (χ1n) is 9.25. The van der Waals surface area contributed by atoms with Gasteiger partial charge in [0.25, 0.3) is 21.5 Å². The van der Waals surface area contributed by atoms with Crippen LogP contribution in [0.5, 0.6) is 0 Å². The molecule has 1 amide bonds. The van der Waals surface area contributed by atoms with Crippen LogP contribution in [0.2, 0.25) is 10.0 Å². The molecule has 2 aromatic carbocycles. The summed E-state index contributed by atoms with van der Waals surface area (Å²) in [6.07, 6.45) is 0. The number of benzene rings is 2. The van der Waals surface area contributed by atoms with Gasteiger partial charge in [-0.25, -0.2) is 17.9 Å². The Balaban J connectivity index is 2.05. The molecule has 3 N–H and O–H groups in total. The Morgan fingerprint density at radius 1 is 1.12 bits per heavy atom. The van der Waals surface area contributed by atoms with Gasteiger partial charge in [-0.3, -0.25) is 19.0 Å². The van der Waals surface area contributed by atoms with E-state index >= 15 is 0 Å². The second-order valence-electron chi connectivity index (χ2n) is 6.85. The zero-order chi connectivity index (χ0) is 24.5. The summed E-state index contributed by atoms with van der Waals surface area (Å²) in [7, 11) is -2.84. The molecule has 0 atom stereocenters. The maximum atomic E-state index is 13.1. The van der Waals surface area contributed by atoms with Crippen LogP contribution in [-0.2, 0) is 26.6 Å². The fraction of sp³-hybridized carbons (Fsp3) is 0.150. The number of hydrogen-bond donors (Lipinski definition) is 2. The van der Waals surface area contributed by atoms with E-state index in [4.69, 9.17) is 28.9 Å². The predicted octanol–water partition coefficient (Wildman–Crippen LogP) is 2.23. The number of esters is 1. The van der Waals surface area contributed by atoms with Crippen molar-refractivity contribution in [3.63, 3.8) is 0 Å². The number of hydrogen-bond acceptors (Lipinski definition) is 6. The lowest BCUT2D eigenvalue weighted by Crippen LogP contribution is -2.23. The van der Waals surface area contributed by atoms with E-state index in [1.165, 1.54) is 9.36 Å². The molecule has 1 aromatic heterocycles. The number of amides is 1. The van der Waals surface area contributed by atoms with Crippen molar-refractivity contribution in [1.29, 1.82) is 0 Å². The summed E-state index contributed by atoms with van der Waals surface area (Å²) >= 11 is 12.1. The molecule has 1 heterocycles. The third-order valence-corrected chi connectivity index (χ3v) is 6.79. The molecule has 0 aliphatic rings. The van der Waals surface area contributed by atoms with Gasteiger partial charge < -0.3 is 10.5 Å². The third kappa shape index (κ3) is 4.90. The average molecular weight is 513 g/mol. The molecule has 33 heavy (non-hydrogen) atoms. The van der Waals surface area contributed by atoms with Gasteiger partial charge in [-0.1, -0.05) is 41.4 Å². The lowest BCUT2D eigenvalue weighted by atomic mass is 10.2. The summed E-state index contributed by atoms with van der Waals surface area (Å²) in [5, 5.41) is -0.494. The monoisotopic (exact) mass is 512 g/mol. The smallest absolute Gasteiger partial charge is 0.340 e. The van der Waals surface area contributed by atoms with Crippen molar-refractivity contribution >= 4 is 50.8 Å². The van der Waals surface area contributed by atoms with Crippen LogP contribution in [-0.4, -0.2) is 36.3 Å². The van der Waals surface area contributed by atoms with Crippen molar-refractivity contribution in [1.82, 2.24) is 9.36 Å². The Hall–Kier alpha value is -3.28. The standard InChI is InChI=1S/C20H18Cl2N4O6S/c1-11-18(19(28)26(25(11)2)12-6-4-3-5-7-12)24-33(30,31)16-8-13(14(21)9-15(16)22)20(29)32-10-17(23)27/h3-9,24H,10H2,1-2H3,(H2,23,27). The van der Waals surface area contributed by atoms with Crippen molar-refractivity contribution in [3.05, 3.63) is 74.1 Å². The number of aromatic nitrogens is 2. The number of ether oxygens (including phenoxy) is 1. The Bertz CT molecular complexity index is 1410. The Kier molecular flexibility index (Phi) is 6.86. The number of nitrogens with two attached hydrogens (primary N) is 1. The van der Waals surface area contributed by atoms with Crippen molar-refractivity contribution < 1.29 is 22.7 Å². The van der Waals surface area contributed by atoms with E-state index in [1.54, 1.807) is 44.3 Å². The number of halogens is 2. The van der Waals surface area contributed by atoms with E-state index in [1.807, 2.05) is 0 Å². The molecule has 3 rings (SSSR count). The predicted molar refractivity (Wildman–Crippen MR) is 122 cm³/mol. The summed E-state index contributed by atoms with van der Waals surface area (Å²) in [5.41, 5.74) is 4.63. The number of anilines is 1. The minimum atomic E-state index is -4.45. The number of para-hydroxylation sites is 1. The molecule has 10 nitrogen and oxygen atoms in total. The largest absolute Gasteiger partial charge is 0.452 e. The van der Waals surface area contributed by atoms with Crippen LogP contribution in [0.25, 0.3) is 5.69 Å². The zero-order valence-corrected chi connectivity index (χ0v) is 19.7. The van der Waals surface area contributed by atoms with Gasteiger partial charge in [-0.15, -0.1) is 0 Å². The molecular formula is C20H18Cl2N4O6S. The van der Waals surface area contributed by atoms with E-state index in [-0.39, 0.29) is 21.3 Å². The summed E-state index contributed by atoms with van der Waals surface area (Å²) in [6.45, 7) is 0.842. The highest BCUT2D eigenvalue weighted by Crippen LogP contribution is 2.30. The van der Waals surface area contributed by atoms with Gasteiger partial charge in [0.2, 0.25) is 0 Å². The van der Waals surface area contributed by atoms with Crippen LogP contribution < -0.4 is 16.0 Å². The van der Waals surface area contributed by atoms with Crippen LogP contribution in [0.3, 0.4) is 0 Å². The molecule has 13 heteroatoms. The van der Waals surface area contributed by atoms with E-state index in [0.29, 0.717) is 11.4 Å². The lowest BCUT2D eigenvalue weighted by Gasteiger charge is -2.11. The van der Waals surface area contributed by atoms with Crippen LogP contribution in [0.1, 0.15) is 16.1 Å². The molecule has 3 aromatic rings. The summed E-state index contributed by atoms with van der Waals surface area (Å²) < 4.78 is 35.9. The summed E-state index contributed by atoms with van der Waals surface area (Å²) in [6, 6.07) is 10.6. The van der Waals surface area contributed by atoms with Crippen LogP contribution in [0.4, 0.5) is 5.69 Å². The first kappa shape index (κ1) is 24.4. The zero-order valence-electron chi connectivity index (χ0n) is 17.3. The molecule has 0 radical (unpaired) electrons. The first-order valence-corrected chi connectivity index (χ1v) is 11.5. The molecule has 0 spiro atoms. The number of carbonyl (C=O) groups excluding carboxylic acids is 2. The van der Waals surface area contributed by atoms with Gasteiger partial charge in [-0.05, 0) is 31.2 Å². The normalized spacial score (nSPS) is 11.3. The quantitative estimate of drug-likeness (QED) is 0.464. The average Bonchev–Trinajstić information content (AvgIpc) is 2.95. The molecule has 0 unspecified atom stereocenters. The van der Waals surface area contributed by atoms with Crippen LogP contribution >= 0.6 is 23.2 Å². The summed E-state index contributed by atoms with van der Waals surface area (Å²) in [5.74, 6) is -1.98. The molecular weight excluding hydrogens is 495 g/mol. The maximum absolute atomic E-state index is 13.1. The molecule has 0 saturated heterocycles. The number of carbonyl (C=O) groups is 2. The molecule has 174 valence electrons. The highest BCUT2D eigenvalue weighted by Gasteiger charge is 2.27. The molecule has 0 saturated carbocycles. The minimum Gasteiger partial charge on any atom is -0.452 e. The van der Waals surface area contributed by atoms with Crippen molar-refractivity contribution in [2.45, 2.75) is 11.8 Å². The number of primary amides is 1. The lowest BCUT2D eigenvalue weighted by molar-refractivity contribution is -0.121. The van der Waals surface area contributed by atoms with Crippen LogP contribution in [0, 0.1) is 6.92 Å². The second kappa shape index (κ2) is 9.30. The van der Waals surface area contributed by atoms with Crippen molar-refractivity contribution in [2.75, 3.05) is 11.3 Å². The second-order valence-corrected chi connectivity index (χ2v) is 9.31. The Labute approximate surface area is 198 Å². The van der Waals surface area contributed by atoms with Crippen molar-refractivity contribution in [2.24, 2.45) is 12.8 Å². The van der Waals surface area contributed by atoms with E-state index in [9.17, 15) is 22.8 Å². The van der Waals surface area contributed by atoms with E-state index < -0.39 is 39.0 Å². The van der Waals surface area contributed by atoms with Gasteiger partial charge >= 0.3 is 5.97 Å². The van der Waals surface area contributed by atoms with Gasteiger partial charge in [0.05, 0.1) is 27.0 Å². The summed E-state index contributed by atoms with van der Waals surface area (Å²) in [4.78, 5) is 35.6. The molecule has 0 aliphatic heterocycles. The van der Waals surface area contributed by atoms with Gasteiger partial charge in [0.1, 0.15) is 10.6 Å². The number of nitrogens with zero attached hydrogens (tertiary/aromatic N) is 2. The molecule has 0 fully saturated rings. The van der Waals surface area contributed by atoms with E-state index in [2.05, 4.69) is 9.46 Å². The molecule has 0 aliphatic carbocycles. The highest BCUT2D eigenvalue weighted by molar-refractivity contribution is 7.92. The Morgan fingerprint density at radius 2 is 1.76 bits per heavy atom. The fourth-order valence-electron chi connectivity index (χ4n) is 2.98. The van der Waals surface area contributed by atoms with Crippen LogP contribution in [0.15, 0.2) is 52.2 Å². The molecule has 0 bridgehead atoms. The maximum Gasteiger partial charge on any atom is 0.340 e. The fourth-order valence-corrected chi connectivity index (χ4v) is 4.95. The highest BCUT2D eigenvalue weighted by atomic mass is 35.5. The third-order valence-electron chi connectivity index (χ3n) is 4.67. The minimum absolute atomic E-state index is 0.198. The van der Waals surface area contributed by atoms with Gasteiger partial charge in [0, 0.05) is 7.05 Å². The number of nitrogens with one attached hydrogen (secondary N) is 1.